The average Bonchev–Trinajstić information content (AvgIpc) is 3.59. The summed E-state index contributed by atoms with van der Waals surface area (Å²) in [6.07, 6.45) is 3.71. The summed E-state index contributed by atoms with van der Waals surface area (Å²) in [7, 11) is 0. The monoisotopic (exact) mass is 479 g/mol. The third-order valence-corrected chi connectivity index (χ3v) is 6.49. The summed E-state index contributed by atoms with van der Waals surface area (Å²) in [5, 5.41) is 11.4. The van der Waals surface area contributed by atoms with Crippen molar-refractivity contribution >= 4 is 44.4 Å². The molecule has 6 aromatic rings. The van der Waals surface area contributed by atoms with Crippen LogP contribution >= 0.6 is 0 Å². The molecule has 0 fully saturated rings. The standard InChI is InChI=1S/C28H25N5O3/c1-3-35-24-13-25(29)32-16(2)23(24)14-30-28(34)18-6-8-20-22(12-18)27-21-11-17(15-33-10-4-9-31-33)5-7-19(21)26(20)36-27/h4-13H,3,14-15H2,1-2H3,(H2,29,32)(H,30,34). The Hall–Kier alpha value is -4.59. The Kier molecular flexibility index (Phi) is 5.21. The lowest BCUT2D eigenvalue weighted by Gasteiger charge is -2.14. The molecule has 8 heteroatoms. The maximum absolute atomic E-state index is 13.1. The molecule has 4 aromatic heterocycles. The normalized spacial score (nSPS) is 11.6. The minimum atomic E-state index is -0.183. The number of carbonyl (C=O) groups excluding carboxylic acids is 1. The van der Waals surface area contributed by atoms with Crippen LogP contribution in [-0.2, 0) is 13.1 Å². The van der Waals surface area contributed by atoms with Gasteiger partial charge in [-0.1, -0.05) is 12.1 Å². The molecule has 0 saturated carbocycles. The van der Waals surface area contributed by atoms with Crippen LogP contribution in [0.25, 0.3) is 32.7 Å². The van der Waals surface area contributed by atoms with Gasteiger partial charge in [-0.2, -0.15) is 5.10 Å². The molecule has 1 amide bonds. The number of nitrogens with zero attached hydrogens (tertiary/aromatic N) is 3. The Bertz CT molecular complexity index is 1720. The van der Waals surface area contributed by atoms with Crippen LogP contribution in [0.2, 0.25) is 0 Å². The molecule has 0 saturated heterocycles. The Balaban J connectivity index is 1.30. The molecule has 0 aliphatic heterocycles. The van der Waals surface area contributed by atoms with Crippen LogP contribution in [0.5, 0.6) is 5.75 Å². The smallest absolute Gasteiger partial charge is 0.251 e. The van der Waals surface area contributed by atoms with Crippen molar-refractivity contribution in [3.8, 4) is 5.75 Å². The zero-order valence-electron chi connectivity index (χ0n) is 20.0. The topological polar surface area (TPSA) is 108 Å². The fraction of sp³-hybridized carbons (Fsp3) is 0.179. The summed E-state index contributed by atoms with van der Waals surface area (Å²) < 4.78 is 13.8. The minimum Gasteiger partial charge on any atom is -0.493 e. The number of ether oxygens (including phenoxy) is 1. The number of benzene rings is 3. The van der Waals surface area contributed by atoms with E-state index >= 15 is 0 Å². The average molecular weight is 480 g/mol. The number of pyridine rings is 1. The number of furan rings is 2. The highest BCUT2D eigenvalue weighted by molar-refractivity contribution is 6.25. The highest BCUT2D eigenvalue weighted by Gasteiger charge is 2.20. The first-order valence-corrected chi connectivity index (χ1v) is 11.9. The van der Waals surface area contributed by atoms with Gasteiger partial charge in [-0.25, -0.2) is 4.98 Å². The maximum atomic E-state index is 13.1. The van der Waals surface area contributed by atoms with Gasteiger partial charge in [0.25, 0.3) is 5.91 Å². The van der Waals surface area contributed by atoms with Gasteiger partial charge in [-0.05, 0) is 49.7 Å². The van der Waals surface area contributed by atoms with Crippen molar-refractivity contribution in [2.45, 2.75) is 26.9 Å². The van der Waals surface area contributed by atoms with Crippen molar-refractivity contribution in [1.82, 2.24) is 20.1 Å². The van der Waals surface area contributed by atoms with Crippen molar-refractivity contribution in [2.75, 3.05) is 12.3 Å². The summed E-state index contributed by atoms with van der Waals surface area (Å²) in [5.74, 6) is 0.844. The van der Waals surface area contributed by atoms with Gasteiger partial charge in [0.15, 0.2) is 0 Å². The van der Waals surface area contributed by atoms with E-state index in [9.17, 15) is 4.79 Å². The number of hydrogen-bond donors (Lipinski definition) is 2. The summed E-state index contributed by atoms with van der Waals surface area (Å²) in [6.45, 7) is 5.23. The molecular formula is C28H25N5O3. The van der Waals surface area contributed by atoms with Crippen LogP contribution in [0.4, 0.5) is 5.82 Å². The second-order valence-electron chi connectivity index (χ2n) is 8.83. The molecule has 36 heavy (non-hydrogen) atoms. The number of hydrogen-bond acceptors (Lipinski definition) is 6. The number of amides is 1. The van der Waals surface area contributed by atoms with E-state index < -0.39 is 0 Å². The molecular weight excluding hydrogens is 454 g/mol. The molecule has 180 valence electrons. The molecule has 6 rings (SSSR count). The lowest BCUT2D eigenvalue weighted by atomic mass is 10.00. The number of carbonyl (C=O) groups is 1. The van der Waals surface area contributed by atoms with E-state index in [1.165, 1.54) is 0 Å². The SMILES string of the molecule is CCOc1cc(N)nc(C)c1CNC(=O)c1ccc2c(c1)c1oc2c2ccc(Cn3cccn3)cc21. The highest BCUT2D eigenvalue weighted by Crippen LogP contribution is 2.41. The zero-order valence-corrected chi connectivity index (χ0v) is 20.0. The van der Waals surface area contributed by atoms with Gasteiger partial charge in [-0.3, -0.25) is 9.48 Å². The minimum absolute atomic E-state index is 0.183. The third kappa shape index (κ3) is 3.67. The number of anilines is 1. The van der Waals surface area contributed by atoms with E-state index in [4.69, 9.17) is 14.9 Å². The largest absolute Gasteiger partial charge is 0.493 e. The van der Waals surface area contributed by atoms with Crippen LogP contribution in [0.3, 0.4) is 0 Å². The Labute approximate surface area is 207 Å². The lowest BCUT2D eigenvalue weighted by Crippen LogP contribution is -2.24. The van der Waals surface area contributed by atoms with Crippen LogP contribution < -0.4 is 15.8 Å². The molecule has 4 heterocycles. The molecule has 0 unspecified atom stereocenters. The predicted octanol–water partition coefficient (Wildman–Crippen LogP) is 5.04. The lowest BCUT2D eigenvalue weighted by molar-refractivity contribution is 0.0950. The second kappa shape index (κ2) is 8.57. The molecule has 0 aliphatic rings. The van der Waals surface area contributed by atoms with E-state index in [0.717, 1.165) is 49.5 Å². The molecule has 0 radical (unpaired) electrons. The highest BCUT2D eigenvalue weighted by atomic mass is 16.5. The first kappa shape index (κ1) is 21.9. The number of fused-ring (bicyclic) bond motifs is 8. The second-order valence-corrected chi connectivity index (χ2v) is 8.83. The fourth-order valence-corrected chi connectivity index (χ4v) is 4.80. The maximum Gasteiger partial charge on any atom is 0.251 e. The number of aromatic nitrogens is 3. The van der Waals surface area contributed by atoms with Crippen molar-refractivity contribution in [1.29, 1.82) is 0 Å². The number of nitrogen functional groups attached to an aromatic ring is 1. The van der Waals surface area contributed by atoms with Crippen LogP contribution in [0, 0.1) is 6.92 Å². The van der Waals surface area contributed by atoms with Crippen LogP contribution in [0.1, 0.15) is 34.1 Å². The van der Waals surface area contributed by atoms with E-state index in [-0.39, 0.29) is 12.5 Å². The van der Waals surface area contributed by atoms with Gasteiger partial charge in [0.1, 0.15) is 22.7 Å². The van der Waals surface area contributed by atoms with Gasteiger partial charge in [0.05, 0.1) is 13.2 Å². The first-order valence-electron chi connectivity index (χ1n) is 11.9. The van der Waals surface area contributed by atoms with Gasteiger partial charge >= 0.3 is 0 Å². The Morgan fingerprint density at radius 3 is 2.64 bits per heavy atom. The van der Waals surface area contributed by atoms with Crippen LogP contribution in [0.15, 0.2) is 65.3 Å². The number of nitrogens with one attached hydrogen (secondary N) is 1. The quantitative estimate of drug-likeness (QED) is 0.311. The zero-order chi connectivity index (χ0) is 24.8. The summed E-state index contributed by atoms with van der Waals surface area (Å²) >= 11 is 0. The van der Waals surface area contributed by atoms with E-state index in [1.54, 1.807) is 12.3 Å². The van der Waals surface area contributed by atoms with E-state index in [1.807, 2.05) is 49.0 Å². The molecule has 0 aliphatic carbocycles. The summed E-state index contributed by atoms with van der Waals surface area (Å²) in [4.78, 5) is 17.4. The Morgan fingerprint density at radius 1 is 1.08 bits per heavy atom. The van der Waals surface area contributed by atoms with E-state index in [0.29, 0.717) is 30.3 Å². The fourth-order valence-electron chi connectivity index (χ4n) is 4.80. The number of rotatable bonds is 7. The van der Waals surface area contributed by atoms with E-state index in [2.05, 4.69) is 33.6 Å². The molecule has 8 nitrogen and oxygen atoms in total. The van der Waals surface area contributed by atoms with Crippen molar-refractivity contribution < 1.29 is 13.9 Å². The summed E-state index contributed by atoms with van der Waals surface area (Å²) in [5.41, 5.74) is 10.7. The Morgan fingerprint density at radius 2 is 1.86 bits per heavy atom. The van der Waals surface area contributed by atoms with Gasteiger partial charge in [0, 0.05) is 63.4 Å². The number of aryl methyl sites for hydroxylation is 1. The van der Waals surface area contributed by atoms with Crippen LogP contribution in [-0.4, -0.2) is 27.3 Å². The molecule has 0 atom stereocenters. The number of nitrogens with two attached hydrogens (primary N) is 1. The van der Waals surface area contributed by atoms with Gasteiger partial charge in [-0.15, -0.1) is 0 Å². The molecule has 3 N–H and O–H groups in total. The van der Waals surface area contributed by atoms with Crippen molar-refractivity contribution in [3.63, 3.8) is 0 Å². The molecule has 2 aromatic carbocycles. The van der Waals surface area contributed by atoms with Gasteiger partial charge < -0.3 is 20.2 Å². The third-order valence-electron chi connectivity index (χ3n) is 6.49. The van der Waals surface area contributed by atoms with Crippen molar-refractivity contribution in [2.24, 2.45) is 0 Å². The molecule has 2 bridgehead atoms. The first-order chi connectivity index (χ1) is 17.5. The molecule has 0 spiro atoms. The predicted molar refractivity (Wildman–Crippen MR) is 139 cm³/mol. The van der Waals surface area contributed by atoms with Gasteiger partial charge in [0.2, 0.25) is 0 Å². The van der Waals surface area contributed by atoms with Crippen molar-refractivity contribution in [3.05, 3.63) is 83.3 Å². The summed E-state index contributed by atoms with van der Waals surface area (Å²) in [6, 6.07) is 15.6.